The van der Waals surface area contributed by atoms with Gasteiger partial charge in [0.05, 0.1) is 5.75 Å². The molecule has 1 amide bonds. The lowest BCUT2D eigenvalue weighted by Gasteiger charge is -2.05. The van der Waals surface area contributed by atoms with Gasteiger partial charge in [0.15, 0.2) is 0 Å². The van der Waals surface area contributed by atoms with Crippen molar-refractivity contribution in [3.63, 3.8) is 0 Å². The van der Waals surface area contributed by atoms with Crippen molar-refractivity contribution >= 4 is 23.4 Å². The first-order chi connectivity index (χ1) is 6.63. The second-order valence-corrected chi connectivity index (χ2v) is 4.00. The molecule has 0 aliphatic heterocycles. The van der Waals surface area contributed by atoms with Gasteiger partial charge in [-0.15, -0.1) is 11.8 Å². The zero-order valence-electron chi connectivity index (χ0n) is 8.33. The SMILES string of the molecule is CNC(=O)CSc1cc(N)ccc1C. The highest BCUT2D eigenvalue weighted by Crippen LogP contribution is 2.24. The van der Waals surface area contributed by atoms with E-state index in [1.54, 1.807) is 7.05 Å². The maximum Gasteiger partial charge on any atom is 0.230 e. The number of hydrogen-bond donors (Lipinski definition) is 2. The van der Waals surface area contributed by atoms with Crippen LogP contribution in [0.15, 0.2) is 23.1 Å². The standard InChI is InChI=1S/C10H14N2OS/c1-7-3-4-8(11)5-9(7)14-6-10(13)12-2/h3-5H,6,11H2,1-2H3,(H,12,13). The zero-order valence-corrected chi connectivity index (χ0v) is 9.15. The molecule has 76 valence electrons. The largest absolute Gasteiger partial charge is 0.399 e. The topological polar surface area (TPSA) is 55.1 Å². The van der Waals surface area contributed by atoms with Crippen LogP contribution in [0.25, 0.3) is 0 Å². The summed E-state index contributed by atoms with van der Waals surface area (Å²) in [5.41, 5.74) is 7.53. The fourth-order valence-electron chi connectivity index (χ4n) is 0.988. The number of aryl methyl sites for hydroxylation is 1. The molecule has 4 heteroatoms. The van der Waals surface area contributed by atoms with Gasteiger partial charge in [-0.25, -0.2) is 0 Å². The third kappa shape index (κ3) is 2.96. The maximum atomic E-state index is 11.0. The van der Waals surface area contributed by atoms with Crippen LogP contribution in [0, 0.1) is 6.92 Å². The number of amides is 1. The van der Waals surface area contributed by atoms with E-state index in [1.165, 1.54) is 11.8 Å². The molecular formula is C10H14N2OS. The summed E-state index contributed by atoms with van der Waals surface area (Å²) in [7, 11) is 1.63. The predicted molar refractivity (Wildman–Crippen MR) is 60.4 cm³/mol. The van der Waals surface area contributed by atoms with Crippen LogP contribution in [-0.2, 0) is 4.79 Å². The number of carbonyl (C=O) groups excluding carboxylic acids is 1. The van der Waals surface area contributed by atoms with Gasteiger partial charge >= 0.3 is 0 Å². The third-order valence-electron chi connectivity index (χ3n) is 1.85. The number of thioether (sulfide) groups is 1. The highest BCUT2D eigenvalue weighted by Gasteiger charge is 2.03. The lowest BCUT2D eigenvalue weighted by Crippen LogP contribution is -2.19. The van der Waals surface area contributed by atoms with Crippen LogP contribution in [0.3, 0.4) is 0 Å². The minimum absolute atomic E-state index is 0.0248. The van der Waals surface area contributed by atoms with Crippen molar-refractivity contribution in [2.75, 3.05) is 18.5 Å². The fourth-order valence-corrected chi connectivity index (χ4v) is 1.93. The first-order valence-corrected chi connectivity index (χ1v) is 5.31. The summed E-state index contributed by atoms with van der Waals surface area (Å²) in [4.78, 5) is 12.1. The van der Waals surface area contributed by atoms with Crippen molar-refractivity contribution in [2.45, 2.75) is 11.8 Å². The number of rotatable bonds is 3. The van der Waals surface area contributed by atoms with E-state index in [2.05, 4.69) is 5.32 Å². The van der Waals surface area contributed by atoms with Crippen molar-refractivity contribution in [3.8, 4) is 0 Å². The number of nitrogens with one attached hydrogen (secondary N) is 1. The number of hydrogen-bond acceptors (Lipinski definition) is 3. The summed E-state index contributed by atoms with van der Waals surface area (Å²) in [6.07, 6.45) is 0. The normalized spacial score (nSPS) is 9.86. The molecule has 1 rings (SSSR count). The first kappa shape index (κ1) is 10.9. The lowest BCUT2D eigenvalue weighted by molar-refractivity contribution is -0.118. The molecule has 0 unspecified atom stereocenters. The van der Waals surface area contributed by atoms with Crippen LogP contribution in [0.5, 0.6) is 0 Å². The Morgan fingerprint density at radius 2 is 2.29 bits per heavy atom. The Labute approximate surface area is 88.1 Å². The van der Waals surface area contributed by atoms with E-state index in [0.717, 1.165) is 16.1 Å². The molecule has 14 heavy (non-hydrogen) atoms. The first-order valence-electron chi connectivity index (χ1n) is 4.33. The molecule has 3 N–H and O–H groups in total. The van der Waals surface area contributed by atoms with E-state index in [9.17, 15) is 4.79 Å². The van der Waals surface area contributed by atoms with Crippen LogP contribution in [0.4, 0.5) is 5.69 Å². The molecule has 0 saturated heterocycles. The Morgan fingerprint density at radius 1 is 1.57 bits per heavy atom. The van der Waals surface area contributed by atoms with Gasteiger partial charge in [-0.05, 0) is 24.6 Å². The molecule has 0 aromatic heterocycles. The van der Waals surface area contributed by atoms with Gasteiger partial charge in [0.25, 0.3) is 0 Å². The zero-order chi connectivity index (χ0) is 10.6. The molecule has 0 saturated carbocycles. The minimum Gasteiger partial charge on any atom is -0.399 e. The number of nitrogens with two attached hydrogens (primary N) is 1. The van der Waals surface area contributed by atoms with Gasteiger partial charge in [0, 0.05) is 17.6 Å². The van der Waals surface area contributed by atoms with Gasteiger partial charge < -0.3 is 11.1 Å². The molecule has 1 aromatic carbocycles. The Bertz CT molecular complexity index is 339. The van der Waals surface area contributed by atoms with E-state index in [-0.39, 0.29) is 5.91 Å². The lowest BCUT2D eigenvalue weighted by atomic mass is 10.2. The van der Waals surface area contributed by atoms with Gasteiger partial charge in [0.2, 0.25) is 5.91 Å². The van der Waals surface area contributed by atoms with Crippen LogP contribution < -0.4 is 11.1 Å². The Hall–Kier alpha value is -1.16. The molecule has 0 aliphatic rings. The summed E-state index contributed by atoms with van der Waals surface area (Å²) in [5.74, 6) is 0.456. The molecule has 0 bridgehead atoms. The van der Waals surface area contributed by atoms with Gasteiger partial charge in [-0.2, -0.15) is 0 Å². The minimum atomic E-state index is 0.0248. The highest BCUT2D eigenvalue weighted by atomic mass is 32.2. The monoisotopic (exact) mass is 210 g/mol. The summed E-state index contributed by atoms with van der Waals surface area (Å²) >= 11 is 1.50. The fraction of sp³-hybridized carbons (Fsp3) is 0.300. The predicted octanol–water partition coefficient (Wildman–Crippen LogP) is 1.42. The van der Waals surface area contributed by atoms with E-state index < -0.39 is 0 Å². The number of anilines is 1. The van der Waals surface area contributed by atoms with E-state index >= 15 is 0 Å². The van der Waals surface area contributed by atoms with Crippen molar-refractivity contribution in [1.82, 2.24) is 5.32 Å². The van der Waals surface area contributed by atoms with E-state index in [0.29, 0.717) is 5.75 Å². The Morgan fingerprint density at radius 3 is 2.93 bits per heavy atom. The molecule has 1 aromatic rings. The summed E-state index contributed by atoms with van der Waals surface area (Å²) < 4.78 is 0. The van der Waals surface area contributed by atoms with Gasteiger partial charge in [0.1, 0.15) is 0 Å². The average Bonchev–Trinajstić information content (AvgIpc) is 2.19. The Balaban J connectivity index is 2.66. The molecule has 0 aliphatic carbocycles. The van der Waals surface area contributed by atoms with Gasteiger partial charge in [-0.1, -0.05) is 6.07 Å². The van der Waals surface area contributed by atoms with Gasteiger partial charge in [-0.3, -0.25) is 4.79 Å². The molecule has 0 atom stereocenters. The van der Waals surface area contributed by atoms with Crippen LogP contribution in [0.1, 0.15) is 5.56 Å². The van der Waals surface area contributed by atoms with E-state index in [4.69, 9.17) is 5.73 Å². The second-order valence-electron chi connectivity index (χ2n) is 2.99. The van der Waals surface area contributed by atoms with Crippen molar-refractivity contribution in [3.05, 3.63) is 23.8 Å². The smallest absolute Gasteiger partial charge is 0.230 e. The quantitative estimate of drug-likeness (QED) is 0.586. The van der Waals surface area contributed by atoms with Crippen molar-refractivity contribution in [1.29, 1.82) is 0 Å². The van der Waals surface area contributed by atoms with Crippen molar-refractivity contribution < 1.29 is 4.79 Å². The number of nitrogen functional groups attached to an aromatic ring is 1. The van der Waals surface area contributed by atoms with E-state index in [1.807, 2.05) is 25.1 Å². The second kappa shape index (κ2) is 4.91. The van der Waals surface area contributed by atoms with Crippen LogP contribution >= 0.6 is 11.8 Å². The summed E-state index contributed by atoms with van der Waals surface area (Å²) in [5, 5.41) is 2.58. The van der Waals surface area contributed by atoms with Crippen LogP contribution in [-0.4, -0.2) is 18.7 Å². The third-order valence-corrected chi connectivity index (χ3v) is 3.01. The molecular weight excluding hydrogens is 196 g/mol. The number of carbonyl (C=O) groups is 1. The number of benzene rings is 1. The summed E-state index contributed by atoms with van der Waals surface area (Å²) in [6.45, 7) is 2.01. The van der Waals surface area contributed by atoms with Crippen LogP contribution in [0.2, 0.25) is 0 Å². The highest BCUT2D eigenvalue weighted by molar-refractivity contribution is 8.00. The summed E-state index contributed by atoms with van der Waals surface area (Å²) in [6, 6.07) is 5.71. The molecule has 0 heterocycles. The van der Waals surface area contributed by atoms with Crippen molar-refractivity contribution in [2.24, 2.45) is 0 Å². The molecule has 0 fully saturated rings. The average molecular weight is 210 g/mol. The molecule has 0 radical (unpaired) electrons. The Kier molecular flexibility index (Phi) is 3.83. The molecule has 0 spiro atoms. The molecule has 3 nitrogen and oxygen atoms in total. The maximum absolute atomic E-state index is 11.0.